The van der Waals surface area contributed by atoms with Crippen LogP contribution in [0, 0.1) is 13.8 Å². The largest absolute Gasteiger partial charge is 0.312 e. The molecule has 0 saturated heterocycles. The maximum atomic E-state index is 4.35. The van der Waals surface area contributed by atoms with Gasteiger partial charge in [-0.05, 0) is 30.5 Å². The minimum absolute atomic E-state index is 0.483. The molecule has 1 atom stereocenters. The van der Waals surface area contributed by atoms with Crippen LogP contribution in [0.25, 0.3) is 0 Å². The summed E-state index contributed by atoms with van der Waals surface area (Å²) in [7, 11) is 0. The van der Waals surface area contributed by atoms with E-state index in [0.717, 1.165) is 13.1 Å². The van der Waals surface area contributed by atoms with E-state index in [0.29, 0.717) is 5.92 Å². The van der Waals surface area contributed by atoms with Crippen LogP contribution in [0.3, 0.4) is 0 Å². The van der Waals surface area contributed by atoms with Crippen LogP contribution in [0.4, 0.5) is 0 Å². The average Bonchev–Trinajstić information content (AvgIpc) is 2.87. The van der Waals surface area contributed by atoms with Gasteiger partial charge in [0, 0.05) is 30.6 Å². The molecule has 1 aromatic heterocycles. The van der Waals surface area contributed by atoms with E-state index in [1.54, 1.807) is 11.3 Å². The third-order valence-electron chi connectivity index (χ3n) is 3.22. The van der Waals surface area contributed by atoms with Crippen molar-refractivity contribution in [3.63, 3.8) is 0 Å². The number of hydrogen-bond acceptors (Lipinski definition) is 3. The highest BCUT2D eigenvalue weighted by atomic mass is 32.1. The topological polar surface area (TPSA) is 24.9 Å². The number of aromatic nitrogens is 1. The van der Waals surface area contributed by atoms with Crippen LogP contribution in [-0.2, 0) is 6.54 Å². The zero-order valence-corrected chi connectivity index (χ0v) is 12.1. The predicted molar refractivity (Wildman–Crippen MR) is 78.2 cm³/mol. The molecule has 0 saturated carbocycles. The Balaban J connectivity index is 1.83. The van der Waals surface area contributed by atoms with Crippen molar-refractivity contribution in [2.45, 2.75) is 33.2 Å². The summed E-state index contributed by atoms with van der Waals surface area (Å²) >= 11 is 1.73. The smallest absolute Gasteiger partial charge is 0.0965 e. The van der Waals surface area contributed by atoms with Gasteiger partial charge in [0.05, 0.1) is 5.01 Å². The van der Waals surface area contributed by atoms with Gasteiger partial charge in [0.1, 0.15) is 0 Å². The second-order valence-corrected chi connectivity index (χ2v) is 5.75. The van der Waals surface area contributed by atoms with Gasteiger partial charge in [-0.15, -0.1) is 11.3 Å². The molecular formula is C15H20N2S. The third kappa shape index (κ3) is 3.40. The van der Waals surface area contributed by atoms with Crippen molar-refractivity contribution in [1.82, 2.24) is 10.3 Å². The molecule has 0 aliphatic carbocycles. The van der Waals surface area contributed by atoms with Crippen molar-refractivity contribution in [3.05, 3.63) is 51.5 Å². The normalized spacial score (nSPS) is 12.6. The molecule has 3 heteroatoms. The number of benzene rings is 1. The molecule has 1 aromatic carbocycles. The van der Waals surface area contributed by atoms with E-state index < -0.39 is 0 Å². The predicted octanol–water partition coefficient (Wildman–Crippen LogP) is 3.65. The summed E-state index contributed by atoms with van der Waals surface area (Å²) in [6, 6.07) is 6.65. The third-order valence-corrected chi connectivity index (χ3v) is 4.23. The zero-order chi connectivity index (χ0) is 13.0. The van der Waals surface area contributed by atoms with Crippen molar-refractivity contribution in [3.8, 4) is 0 Å². The first-order valence-electron chi connectivity index (χ1n) is 6.33. The summed E-state index contributed by atoms with van der Waals surface area (Å²) in [6.07, 6.45) is 1.87. The summed E-state index contributed by atoms with van der Waals surface area (Å²) in [6.45, 7) is 8.43. The van der Waals surface area contributed by atoms with Crippen LogP contribution in [0.5, 0.6) is 0 Å². The van der Waals surface area contributed by atoms with Crippen LogP contribution in [0.15, 0.2) is 29.8 Å². The van der Waals surface area contributed by atoms with E-state index in [9.17, 15) is 0 Å². The molecule has 2 aromatic rings. The minimum atomic E-state index is 0.483. The summed E-state index contributed by atoms with van der Waals surface area (Å²) in [5.41, 5.74) is 4.07. The van der Waals surface area contributed by atoms with Crippen molar-refractivity contribution in [2.24, 2.45) is 0 Å². The Hall–Kier alpha value is -1.19. The van der Waals surface area contributed by atoms with Crippen molar-refractivity contribution >= 4 is 11.3 Å². The summed E-state index contributed by atoms with van der Waals surface area (Å²) < 4.78 is 0. The minimum Gasteiger partial charge on any atom is -0.312 e. The molecule has 0 bridgehead atoms. The first-order chi connectivity index (χ1) is 8.66. The van der Waals surface area contributed by atoms with Gasteiger partial charge < -0.3 is 5.32 Å². The summed E-state index contributed by atoms with van der Waals surface area (Å²) in [5.74, 6) is 0.483. The van der Waals surface area contributed by atoms with Gasteiger partial charge in [-0.3, -0.25) is 0 Å². The quantitative estimate of drug-likeness (QED) is 0.887. The van der Waals surface area contributed by atoms with E-state index in [2.05, 4.69) is 49.3 Å². The lowest BCUT2D eigenvalue weighted by Gasteiger charge is -2.11. The molecule has 0 aliphatic heterocycles. The van der Waals surface area contributed by atoms with Gasteiger partial charge in [-0.25, -0.2) is 4.98 Å². The first kappa shape index (κ1) is 13.2. The van der Waals surface area contributed by atoms with E-state index in [-0.39, 0.29) is 0 Å². The number of nitrogens with zero attached hydrogens (tertiary/aromatic N) is 1. The molecule has 96 valence electrons. The van der Waals surface area contributed by atoms with E-state index in [1.807, 2.05) is 11.6 Å². The zero-order valence-electron chi connectivity index (χ0n) is 11.2. The summed E-state index contributed by atoms with van der Waals surface area (Å²) in [5, 5.41) is 6.75. The molecular weight excluding hydrogens is 240 g/mol. The second-order valence-electron chi connectivity index (χ2n) is 4.82. The number of thiazole rings is 1. The Labute approximate surface area is 113 Å². The molecule has 1 unspecified atom stereocenters. The molecule has 0 aliphatic rings. The average molecular weight is 260 g/mol. The Morgan fingerprint density at radius 2 is 2.11 bits per heavy atom. The molecule has 18 heavy (non-hydrogen) atoms. The molecule has 2 rings (SSSR count). The number of hydrogen-bond donors (Lipinski definition) is 1. The molecule has 0 spiro atoms. The lowest BCUT2D eigenvalue weighted by Crippen LogP contribution is -2.19. The van der Waals surface area contributed by atoms with Crippen LogP contribution >= 0.6 is 11.3 Å². The van der Waals surface area contributed by atoms with Gasteiger partial charge >= 0.3 is 0 Å². The maximum Gasteiger partial charge on any atom is 0.0965 e. The summed E-state index contributed by atoms with van der Waals surface area (Å²) in [4.78, 5) is 4.35. The first-order valence-corrected chi connectivity index (χ1v) is 7.21. The van der Waals surface area contributed by atoms with E-state index >= 15 is 0 Å². The van der Waals surface area contributed by atoms with Crippen LogP contribution in [0.1, 0.15) is 34.5 Å². The number of rotatable bonds is 5. The van der Waals surface area contributed by atoms with E-state index in [1.165, 1.54) is 21.7 Å². The monoisotopic (exact) mass is 260 g/mol. The second kappa shape index (κ2) is 6.12. The Morgan fingerprint density at radius 3 is 2.78 bits per heavy atom. The van der Waals surface area contributed by atoms with Crippen LogP contribution < -0.4 is 5.32 Å². The van der Waals surface area contributed by atoms with Gasteiger partial charge in [0.15, 0.2) is 0 Å². The molecule has 1 heterocycles. The van der Waals surface area contributed by atoms with Crippen molar-refractivity contribution in [2.75, 3.05) is 6.54 Å². The Morgan fingerprint density at radius 1 is 1.28 bits per heavy atom. The van der Waals surface area contributed by atoms with Crippen LogP contribution in [0.2, 0.25) is 0 Å². The SMILES string of the molecule is Cc1ccc(CNCC(C)c2nccs2)cc1C. The van der Waals surface area contributed by atoms with Gasteiger partial charge in [0.2, 0.25) is 0 Å². The van der Waals surface area contributed by atoms with Gasteiger partial charge in [-0.2, -0.15) is 0 Å². The van der Waals surface area contributed by atoms with Crippen molar-refractivity contribution < 1.29 is 0 Å². The van der Waals surface area contributed by atoms with Crippen LogP contribution in [-0.4, -0.2) is 11.5 Å². The fourth-order valence-corrected chi connectivity index (χ4v) is 2.61. The Kier molecular flexibility index (Phi) is 4.50. The lowest BCUT2D eigenvalue weighted by atomic mass is 10.1. The van der Waals surface area contributed by atoms with E-state index in [4.69, 9.17) is 0 Å². The molecule has 0 radical (unpaired) electrons. The fraction of sp³-hybridized carbons (Fsp3) is 0.400. The highest BCUT2D eigenvalue weighted by Gasteiger charge is 2.07. The maximum absolute atomic E-state index is 4.35. The van der Waals surface area contributed by atoms with Crippen molar-refractivity contribution in [1.29, 1.82) is 0 Å². The molecule has 0 amide bonds. The lowest BCUT2D eigenvalue weighted by molar-refractivity contribution is 0.612. The highest BCUT2D eigenvalue weighted by molar-refractivity contribution is 7.09. The molecule has 1 N–H and O–H groups in total. The highest BCUT2D eigenvalue weighted by Crippen LogP contribution is 2.16. The fourth-order valence-electron chi connectivity index (χ4n) is 1.91. The van der Waals surface area contributed by atoms with Gasteiger partial charge in [0.25, 0.3) is 0 Å². The standard InChI is InChI=1S/C15H20N2S/c1-11-4-5-14(8-12(11)2)10-16-9-13(3)15-17-6-7-18-15/h4-8,13,16H,9-10H2,1-3H3. The molecule has 2 nitrogen and oxygen atoms in total. The molecule has 0 fully saturated rings. The number of aryl methyl sites for hydroxylation is 2. The Bertz CT molecular complexity index is 491. The number of nitrogens with one attached hydrogen (secondary N) is 1. The van der Waals surface area contributed by atoms with Gasteiger partial charge in [-0.1, -0.05) is 25.1 Å².